The van der Waals surface area contributed by atoms with Crippen molar-refractivity contribution in [2.24, 2.45) is 0 Å². The van der Waals surface area contributed by atoms with E-state index < -0.39 is 4.92 Å². The second kappa shape index (κ2) is 6.53. The Balaban J connectivity index is 2.35. The molecular weight excluding hydrogens is 266 g/mol. The van der Waals surface area contributed by atoms with Crippen molar-refractivity contribution in [3.05, 3.63) is 63.7 Å². The average Bonchev–Trinajstić information content (AvgIpc) is 2.49. The molecule has 5 heteroatoms. The van der Waals surface area contributed by atoms with Crippen LogP contribution in [0.4, 0.5) is 17.1 Å². The quantitative estimate of drug-likeness (QED) is 0.659. The normalized spacial score (nSPS) is 9.90. The molecule has 0 saturated carbocycles. The topological polar surface area (TPSA) is 79.0 Å². The Bertz CT molecular complexity index is 705. The Labute approximate surface area is 123 Å². The number of anilines is 2. The minimum Gasteiger partial charge on any atom is -0.355 e. The molecule has 0 aromatic heterocycles. The number of nitrogens with zero attached hydrogens (tertiary/aromatic N) is 2. The van der Waals surface area contributed by atoms with E-state index in [1.165, 1.54) is 12.1 Å². The number of benzene rings is 2. The lowest BCUT2D eigenvalue weighted by molar-refractivity contribution is -0.385. The fourth-order valence-corrected chi connectivity index (χ4v) is 2.14. The average molecular weight is 281 g/mol. The summed E-state index contributed by atoms with van der Waals surface area (Å²) in [5.41, 5.74) is 2.57. The van der Waals surface area contributed by atoms with Gasteiger partial charge >= 0.3 is 0 Å². The highest BCUT2D eigenvalue weighted by Crippen LogP contribution is 2.27. The third-order valence-electron chi connectivity index (χ3n) is 3.13. The van der Waals surface area contributed by atoms with Gasteiger partial charge in [0.25, 0.3) is 5.69 Å². The Hall–Kier alpha value is -2.87. The van der Waals surface area contributed by atoms with Crippen LogP contribution in [-0.2, 0) is 6.42 Å². The van der Waals surface area contributed by atoms with Gasteiger partial charge in [-0.3, -0.25) is 10.1 Å². The molecule has 0 unspecified atom stereocenters. The SMILES string of the molecule is CCCc1ccccc1Nc1ccc(C#N)c([N+](=O)[O-])c1. The Morgan fingerprint density at radius 3 is 2.71 bits per heavy atom. The number of hydrogen-bond acceptors (Lipinski definition) is 4. The highest BCUT2D eigenvalue weighted by atomic mass is 16.6. The zero-order valence-corrected chi connectivity index (χ0v) is 11.7. The molecule has 0 aliphatic rings. The highest BCUT2D eigenvalue weighted by Gasteiger charge is 2.14. The van der Waals surface area contributed by atoms with E-state index >= 15 is 0 Å². The van der Waals surface area contributed by atoms with Crippen molar-refractivity contribution in [1.29, 1.82) is 5.26 Å². The van der Waals surface area contributed by atoms with Crippen LogP contribution in [0.5, 0.6) is 0 Å². The summed E-state index contributed by atoms with van der Waals surface area (Å²) >= 11 is 0. The molecule has 0 heterocycles. The first-order chi connectivity index (χ1) is 10.2. The Kier molecular flexibility index (Phi) is 4.52. The lowest BCUT2D eigenvalue weighted by atomic mass is 10.1. The van der Waals surface area contributed by atoms with Crippen molar-refractivity contribution in [1.82, 2.24) is 0 Å². The number of hydrogen-bond donors (Lipinski definition) is 1. The number of nitrogens with one attached hydrogen (secondary N) is 1. The van der Waals surface area contributed by atoms with Crippen LogP contribution in [0.25, 0.3) is 0 Å². The van der Waals surface area contributed by atoms with Crippen LogP contribution < -0.4 is 5.32 Å². The molecule has 0 radical (unpaired) electrons. The van der Waals surface area contributed by atoms with Gasteiger partial charge in [0.05, 0.1) is 4.92 Å². The number of aryl methyl sites for hydroxylation is 1. The van der Waals surface area contributed by atoms with Gasteiger partial charge < -0.3 is 5.32 Å². The van der Waals surface area contributed by atoms with Crippen LogP contribution in [0.3, 0.4) is 0 Å². The van der Waals surface area contributed by atoms with E-state index in [1.807, 2.05) is 30.3 Å². The molecule has 0 fully saturated rings. The first-order valence-corrected chi connectivity index (χ1v) is 6.69. The van der Waals surface area contributed by atoms with Gasteiger partial charge in [-0.2, -0.15) is 5.26 Å². The van der Waals surface area contributed by atoms with Crippen molar-refractivity contribution in [2.75, 3.05) is 5.32 Å². The molecule has 0 spiro atoms. The predicted molar refractivity (Wildman–Crippen MR) is 81.5 cm³/mol. The molecule has 0 amide bonds. The third-order valence-corrected chi connectivity index (χ3v) is 3.13. The molecule has 21 heavy (non-hydrogen) atoms. The zero-order valence-electron chi connectivity index (χ0n) is 11.7. The fourth-order valence-electron chi connectivity index (χ4n) is 2.14. The van der Waals surface area contributed by atoms with E-state index in [2.05, 4.69) is 12.2 Å². The van der Waals surface area contributed by atoms with Gasteiger partial charge in [-0.05, 0) is 30.2 Å². The summed E-state index contributed by atoms with van der Waals surface area (Å²) in [6.07, 6.45) is 1.95. The van der Waals surface area contributed by atoms with Gasteiger partial charge in [0, 0.05) is 17.4 Å². The van der Waals surface area contributed by atoms with Crippen LogP contribution in [0.2, 0.25) is 0 Å². The number of rotatable bonds is 5. The lowest BCUT2D eigenvalue weighted by Gasteiger charge is -2.11. The van der Waals surface area contributed by atoms with Gasteiger partial charge in [0.1, 0.15) is 11.6 Å². The molecule has 106 valence electrons. The number of para-hydroxylation sites is 1. The maximum atomic E-state index is 11.0. The van der Waals surface area contributed by atoms with E-state index in [-0.39, 0.29) is 11.3 Å². The largest absolute Gasteiger partial charge is 0.355 e. The van der Waals surface area contributed by atoms with Crippen molar-refractivity contribution in [3.8, 4) is 6.07 Å². The number of nitro benzene ring substituents is 1. The second-order valence-corrected chi connectivity index (χ2v) is 4.63. The summed E-state index contributed by atoms with van der Waals surface area (Å²) in [5.74, 6) is 0. The molecular formula is C16H15N3O2. The van der Waals surface area contributed by atoms with E-state index in [0.717, 1.165) is 24.1 Å². The molecule has 5 nitrogen and oxygen atoms in total. The minimum atomic E-state index is -0.540. The first kappa shape index (κ1) is 14.5. The monoisotopic (exact) mass is 281 g/mol. The molecule has 1 N–H and O–H groups in total. The van der Waals surface area contributed by atoms with Crippen LogP contribution in [0.1, 0.15) is 24.5 Å². The molecule has 0 aliphatic carbocycles. The molecule has 2 rings (SSSR count). The van der Waals surface area contributed by atoms with Gasteiger partial charge in [0.2, 0.25) is 0 Å². The van der Waals surface area contributed by atoms with Gasteiger partial charge in [-0.15, -0.1) is 0 Å². The van der Waals surface area contributed by atoms with Crippen molar-refractivity contribution >= 4 is 17.1 Å². The number of nitro groups is 1. The van der Waals surface area contributed by atoms with E-state index in [4.69, 9.17) is 5.26 Å². The third kappa shape index (κ3) is 3.37. The Morgan fingerprint density at radius 2 is 2.05 bits per heavy atom. The maximum Gasteiger partial charge on any atom is 0.289 e. The predicted octanol–water partition coefficient (Wildman–Crippen LogP) is 4.16. The summed E-state index contributed by atoms with van der Waals surface area (Å²) < 4.78 is 0. The number of nitriles is 1. The second-order valence-electron chi connectivity index (χ2n) is 4.63. The summed E-state index contributed by atoms with van der Waals surface area (Å²) in [7, 11) is 0. The molecule has 2 aromatic carbocycles. The van der Waals surface area contributed by atoms with Crippen LogP contribution in [0, 0.1) is 21.4 Å². The van der Waals surface area contributed by atoms with E-state index in [9.17, 15) is 10.1 Å². The van der Waals surface area contributed by atoms with E-state index in [0.29, 0.717) is 5.69 Å². The molecule has 0 bridgehead atoms. The first-order valence-electron chi connectivity index (χ1n) is 6.69. The van der Waals surface area contributed by atoms with Crippen molar-refractivity contribution in [3.63, 3.8) is 0 Å². The van der Waals surface area contributed by atoms with Crippen LogP contribution in [-0.4, -0.2) is 4.92 Å². The van der Waals surface area contributed by atoms with E-state index in [1.54, 1.807) is 6.07 Å². The minimum absolute atomic E-state index is 0.0624. The van der Waals surface area contributed by atoms with Gasteiger partial charge in [-0.1, -0.05) is 31.5 Å². The maximum absolute atomic E-state index is 11.0. The summed E-state index contributed by atoms with van der Waals surface area (Å²) in [4.78, 5) is 10.4. The standard InChI is InChI=1S/C16H15N3O2/c1-2-5-12-6-3-4-7-15(12)18-14-9-8-13(11-17)16(10-14)19(20)21/h3-4,6-10,18H,2,5H2,1H3. The summed E-state index contributed by atoms with van der Waals surface area (Å²) in [5, 5.41) is 23.1. The molecule has 2 aromatic rings. The van der Waals surface area contributed by atoms with Crippen molar-refractivity contribution < 1.29 is 4.92 Å². The zero-order chi connectivity index (χ0) is 15.2. The van der Waals surface area contributed by atoms with Crippen LogP contribution >= 0.6 is 0 Å². The molecule has 0 aliphatic heterocycles. The van der Waals surface area contributed by atoms with Gasteiger partial charge in [0.15, 0.2) is 0 Å². The lowest BCUT2D eigenvalue weighted by Crippen LogP contribution is -1.98. The smallest absolute Gasteiger partial charge is 0.289 e. The van der Waals surface area contributed by atoms with Crippen molar-refractivity contribution in [2.45, 2.75) is 19.8 Å². The highest BCUT2D eigenvalue weighted by molar-refractivity contribution is 5.67. The fraction of sp³-hybridized carbons (Fsp3) is 0.188. The Morgan fingerprint density at radius 1 is 1.29 bits per heavy atom. The van der Waals surface area contributed by atoms with Gasteiger partial charge in [-0.25, -0.2) is 0 Å². The molecule has 0 atom stereocenters. The summed E-state index contributed by atoms with van der Waals surface area (Å²) in [6, 6.07) is 14.2. The summed E-state index contributed by atoms with van der Waals surface area (Å²) in [6.45, 7) is 2.10. The van der Waals surface area contributed by atoms with Crippen LogP contribution in [0.15, 0.2) is 42.5 Å². The molecule has 0 saturated heterocycles.